The van der Waals surface area contributed by atoms with Crippen molar-refractivity contribution in [1.29, 1.82) is 0 Å². The summed E-state index contributed by atoms with van der Waals surface area (Å²) in [6.45, 7) is 8.21. The zero-order valence-electron chi connectivity index (χ0n) is 13.0. The molecule has 0 aromatic heterocycles. The van der Waals surface area contributed by atoms with E-state index < -0.39 is 0 Å². The van der Waals surface area contributed by atoms with Crippen LogP contribution >= 0.6 is 0 Å². The predicted octanol–water partition coefficient (Wildman–Crippen LogP) is 1.60. The lowest BCUT2D eigenvalue weighted by molar-refractivity contribution is -0.127. The highest BCUT2D eigenvalue weighted by Gasteiger charge is 2.30. The summed E-state index contributed by atoms with van der Waals surface area (Å²) in [5, 5.41) is 3.09. The number of rotatable bonds is 6. The number of amides is 1. The van der Waals surface area contributed by atoms with E-state index in [1.807, 2.05) is 0 Å². The normalized spacial score (nSPS) is 29.3. The highest BCUT2D eigenvalue weighted by atomic mass is 16.1. The lowest BCUT2D eigenvalue weighted by atomic mass is 9.78. The maximum atomic E-state index is 12.2. The lowest BCUT2D eigenvalue weighted by Gasteiger charge is -2.31. The lowest BCUT2D eigenvalue weighted by Crippen LogP contribution is -2.43. The fourth-order valence-corrected chi connectivity index (χ4v) is 2.85. The summed E-state index contributed by atoms with van der Waals surface area (Å²) < 4.78 is 0. The van der Waals surface area contributed by atoms with E-state index in [0.29, 0.717) is 12.0 Å². The van der Waals surface area contributed by atoms with Crippen LogP contribution in [0.15, 0.2) is 0 Å². The standard InChI is InChI=1S/C15H31N3O/c1-5-12(3)18(4)9-8-17-15(19)14-7-6-13(16)10-11(14)2/h11-14H,5-10,16H2,1-4H3,(H,17,19). The fraction of sp³-hybridized carbons (Fsp3) is 0.933. The third kappa shape index (κ3) is 5.11. The Morgan fingerprint density at radius 2 is 2.16 bits per heavy atom. The highest BCUT2D eigenvalue weighted by molar-refractivity contribution is 5.79. The van der Waals surface area contributed by atoms with Crippen molar-refractivity contribution >= 4 is 5.91 Å². The first-order chi connectivity index (χ1) is 8.95. The van der Waals surface area contributed by atoms with Crippen LogP contribution in [0.4, 0.5) is 0 Å². The van der Waals surface area contributed by atoms with E-state index in [0.717, 1.165) is 38.8 Å². The Morgan fingerprint density at radius 1 is 1.47 bits per heavy atom. The van der Waals surface area contributed by atoms with Crippen molar-refractivity contribution in [2.45, 2.75) is 58.5 Å². The molecular weight excluding hydrogens is 238 g/mol. The summed E-state index contributed by atoms with van der Waals surface area (Å²) in [6.07, 6.45) is 4.04. The number of carbonyl (C=O) groups is 1. The Bertz CT molecular complexity index is 283. The van der Waals surface area contributed by atoms with Gasteiger partial charge in [-0.2, -0.15) is 0 Å². The molecule has 4 nitrogen and oxygen atoms in total. The Labute approximate surface area is 118 Å². The molecule has 4 unspecified atom stereocenters. The van der Waals surface area contributed by atoms with Gasteiger partial charge in [0.2, 0.25) is 5.91 Å². The van der Waals surface area contributed by atoms with Crippen molar-refractivity contribution in [3.8, 4) is 0 Å². The van der Waals surface area contributed by atoms with Gasteiger partial charge in [-0.25, -0.2) is 0 Å². The maximum absolute atomic E-state index is 12.2. The van der Waals surface area contributed by atoms with Crippen molar-refractivity contribution in [2.75, 3.05) is 20.1 Å². The molecule has 1 rings (SSSR count). The summed E-state index contributed by atoms with van der Waals surface area (Å²) in [7, 11) is 2.11. The fourth-order valence-electron chi connectivity index (χ4n) is 2.85. The van der Waals surface area contributed by atoms with E-state index in [1.165, 1.54) is 0 Å². The van der Waals surface area contributed by atoms with Crippen LogP contribution in [0.3, 0.4) is 0 Å². The molecule has 1 amide bonds. The summed E-state index contributed by atoms with van der Waals surface area (Å²) in [4.78, 5) is 14.5. The first-order valence-corrected chi connectivity index (χ1v) is 7.69. The Kier molecular flexibility index (Phi) is 6.80. The van der Waals surface area contributed by atoms with Crippen molar-refractivity contribution in [1.82, 2.24) is 10.2 Å². The van der Waals surface area contributed by atoms with Crippen LogP contribution in [0, 0.1) is 11.8 Å². The van der Waals surface area contributed by atoms with E-state index in [2.05, 4.69) is 38.0 Å². The van der Waals surface area contributed by atoms with Gasteiger partial charge in [0, 0.05) is 31.1 Å². The first-order valence-electron chi connectivity index (χ1n) is 7.69. The number of hydrogen-bond donors (Lipinski definition) is 2. The number of hydrogen-bond acceptors (Lipinski definition) is 3. The van der Waals surface area contributed by atoms with Crippen molar-refractivity contribution in [3.63, 3.8) is 0 Å². The largest absolute Gasteiger partial charge is 0.355 e. The molecule has 1 fully saturated rings. The maximum Gasteiger partial charge on any atom is 0.223 e. The topological polar surface area (TPSA) is 58.4 Å². The number of nitrogens with zero attached hydrogens (tertiary/aromatic N) is 1. The summed E-state index contributed by atoms with van der Waals surface area (Å²) in [5.74, 6) is 0.793. The van der Waals surface area contributed by atoms with Gasteiger partial charge in [-0.15, -0.1) is 0 Å². The smallest absolute Gasteiger partial charge is 0.223 e. The van der Waals surface area contributed by atoms with Crippen LogP contribution in [0.2, 0.25) is 0 Å². The summed E-state index contributed by atoms with van der Waals surface area (Å²) in [5.41, 5.74) is 5.94. The molecule has 0 radical (unpaired) electrons. The van der Waals surface area contributed by atoms with Crippen molar-refractivity contribution < 1.29 is 4.79 Å². The van der Waals surface area contributed by atoms with E-state index in [9.17, 15) is 4.79 Å². The van der Waals surface area contributed by atoms with Crippen molar-refractivity contribution in [2.24, 2.45) is 17.6 Å². The van der Waals surface area contributed by atoms with Crippen LogP contribution in [0.5, 0.6) is 0 Å². The molecule has 4 heteroatoms. The Hall–Kier alpha value is -0.610. The minimum atomic E-state index is 0.161. The zero-order valence-corrected chi connectivity index (χ0v) is 13.0. The van der Waals surface area contributed by atoms with Crippen molar-refractivity contribution in [3.05, 3.63) is 0 Å². The molecule has 112 valence electrons. The molecular formula is C15H31N3O. The van der Waals surface area contributed by atoms with E-state index >= 15 is 0 Å². The molecule has 4 atom stereocenters. The molecule has 0 aliphatic heterocycles. The Morgan fingerprint density at radius 3 is 2.74 bits per heavy atom. The number of nitrogens with two attached hydrogens (primary N) is 1. The van der Waals surface area contributed by atoms with Gasteiger partial charge in [-0.1, -0.05) is 13.8 Å². The van der Waals surface area contributed by atoms with Gasteiger partial charge in [-0.05, 0) is 45.6 Å². The zero-order chi connectivity index (χ0) is 14.4. The van der Waals surface area contributed by atoms with Crippen LogP contribution in [0.25, 0.3) is 0 Å². The Balaban J connectivity index is 2.27. The third-order valence-corrected chi connectivity index (χ3v) is 4.65. The molecule has 0 spiro atoms. The van der Waals surface area contributed by atoms with Gasteiger partial charge >= 0.3 is 0 Å². The quantitative estimate of drug-likeness (QED) is 0.770. The average Bonchev–Trinajstić information content (AvgIpc) is 2.37. The third-order valence-electron chi connectivity index (χ3n) is 4.65. The van der Waals surface area contributed by atoms with Crippen LogP contribution in [0.1, 0.15) is 46.5 Å². The number of carbonyl (C=O) groups excluding carboxylic acids is 1. The molecule has 1 aliphatic rings. The molecule has 1 aliphatic carbocycles. The molecule has 19 heavy (non-hydrogen) atoms. The molecule has 1 saturated carbocycles. The van der Waals surface area contributed by atoms with E-state index in [-0.39, 0.29) is 17.9 Å². The molecule has 0 aromatic rings. The van der Waals surface area contributed by atoms with Crippen LogP contribution in [-0.2, 0) is 4.79 Å². The van der Waals surface area contributed by atoms with Crippen LogP contribution < -0.4 is 11.1 Å². The van der Waals surface area contributed by atoms with Gasteiger partial charge < -0.3 is 16.0 Å². The van der Waals surface area contributed by atoms with Crippen LogP contribution in [-0.4, -0.2) is 43.0 Å². The monoisotopic (exact) mass is 269 g/mol. The second-order valence-corrected chi connectivity index (χ2v) is 6.19. The minimum Gasteiger partial charge on any atom is -0.355 e. The molecule has 0 saturated heterocycles. The van der Waals surface area contributed by atoms with Gasteiger partial charge in [0.25, 0.3) is 0 Å². The predicted molar refractivity (Wildman–Crippen MR) is 79.9 cm³/mol. The SMILES string of the molecule is CCC(C)N(C)CCNC(=O)C1CCC(N)CC1C. The summed E-state index contributed by atoms with van der Waals surface area (Å²) in [6, 6.07) is 0.860. The van der Waals surface area contributed by atoms with E-state index in [4.69, 9.17) is 5.73 Å². The van der Waals surface area contributed by atoms with Gasteiger partial charge in [0.15, 0.2) is 0 Å². The van der Waals surface area contributed by atoms with Gasteiger partial charge in [-0.3, -0.25) is 4.79 Å². The van der Waals surface area contributed by atoms with Gasteiger partial charge in [0.05, 0.1) is 0 Å². The average molecular weight is 269 g/mol. The van der Waals surface area contributed by atoms with E-state index in [1.54, 1.807) is 0 Å². The molecule has 0 heterocycles. The molecule has 0 bridgehead atoms. The minimum absolute atomic E-state index is 0.161. The van der Waals surface area contributed by atoms with Gasteiger partial charge in [0.1, 0.15) is 0 Å². The second kappa shape index (κ2) is 7.85. The molecule has 0 aromatic carbocycles. The first kappa shape index (κ1) is 16.4. The highest BCUT2D eigenvalue weighted by Crippen LogP contribution is 2.29. The number of likely N-dealkylation sites (N-methyl/N-ethyl adjacent to an activating group) is 1. The second-order valence-electron chi connectivity index (χ2n) is 6.19. The molecule has 3 N–H and O–H groups in total. The summed E-state index contributed by atoms with van der Waals surface area (Å²) >= 11 is 0. The number of nitrogens with one attached hydrogen (secondary N) is 1.